The molecule has 1 atom stereocenters. The molecule has 20 heavy (non-hydrogen) atoms. The molecule has 5 rings (SSSR count). The third kappa shape index (κ3) is 2.03. The molecule has 0 spiro atoms. The molecule has 1 aromatic carbocycles. The molecule has 2 aromatic rings. The molecule has 4 heterocycles. The van der Waals surface area contributed by atoms with Crippen molar-refractivity contribution in [2.75, 3.05) is 19.6 Å². The van der Waals surface area contributed by atoms with Crippen LogP contribution in [-0.2, 0) is 13.6 Å². The Morgan fingerprint density at radius 3 is 2.75 bits per heavy atom. The first kappa shape index (κ1) is 12.4. The third-order valence-corrected chi connectivity index (χ3v) is 5.06. The van der Waals surface area contributed by atoms with E-state index in [-0.39, 0.29) is 0 Å². The fraction of sp³-hybridized carbons (Fsp3) is 0.562. The van der Waals surface area contributed by atoms with Crippen LogP contribution in [0.4, 0.5) is 0 Å². The number of imidazole rings is 1. The third-order valence-electron chi connectivity index (χ3n) is 5.06. The maximum Gasteiger partial charge on any atom is 0.123 e. The van der Waals surface area contributed by atoms with Gasteiger partial charge in [-0.1, -0.05) is 12.1 Å². The van der Waals surface area contributed by atoms with Gasteiger partial charge in [0, 0.05) is 19.6 Å². The average molecular weight is 270 g/mol. The minimum absolute atomic E-state index is 0.650. The van der Waals surface area contributed by atoms with Crippen LogP contribution in [0.25, 0.3) is 11.0 Å². The van der Waals surface area contributed by atoms with Gasteiger partial charge in [0.1, 0.15) is 5.82 Å². The summed E-state index contributed by atoms with van der Waals surface area (Å²) in [6.07, 6.45) is 2.72. The van der Waals surface area contributed by atoms with Gasteiger partial charge in [0.15, 0.2) is 0 Å². The van der Waals surface area contributed by atoms with Crippen molar-refractivity contribution in [2.45, 2.75) is 25.4 Å². The lowest BCUT2D eigenvalue weighted by molar-refractivity contribution is 0.0716. The highest BCUT2D eigenvalue weighted by molar-refractivity contribution is 5.75. The van der Waals surface area contributed by atoms with Gasteiger partial charge in [-0.3, -0.25) is 0 Å². The normalized spacial score (nSPS) is 29.1. The van der Waals surface area contributed by atoms with E-state index < -0.39 is 0 Å². The average Bonchev–Trinajstić information content (AvgIpc) is 2.83. The van der Waals surface area contributed by atoms with E-state index in [0.29, 0.717) is 6.04 Å². The second kappa shape index (κ2) is 4.86. The number of aryl methyl sites for hydroxylation is 1. The fourth-order valence-electron chi connectivity index (χ4n) is 3.77. The molecule has 0 amide bonds. The lowest BCUT2D eigenvalue weighted by Gasteiger charge is -2.45. The lowest BCUT2D eigenvalue weighted by atomic mass is 9.84. The SMILES string of the molecule is Cn1c(CNC2CN3CCC2CC3)nc2ccccc21. The highest BCUT2D eigenvalue weighted by atomic mass is 15.2. The van der Waals surface area contributed by atoms with E-state index >= 15 is 0 Å². The minimum Gasteiger partial charge on any atom is -0.330 e. The van der Waals surface area contributed by atoms with Crippen LogP contribution in [0.15, 0.2) is 24.3 Å². The van der Waals surface area contributed by atoms with Crippen LogP contribution in [0.3, 0.4) is 0 Å². The van der Waals surface area contributed by atoms with Gasteiger partial charge in [-0.05, 0) is 44.0 Å². The van der Waals surface area contributed by atoms with Crippen molar-refractivity contribution in [3.63, 3.8) is 0 Å². The maximum atomic E-state index is 4.75. The van der Waals surface area contributed by atoms with E-state index in [9.17, 15) is 0 Å². The number of piperidine rings is 3. The molecule has 1 aromatic heterocycles. The van der Waals surface area contributed by atoms with E-state index in [4.69, 9.17) is 4.98 Å². The smallest absolute Gasteiger partial charge is 0.123 e. The van der Waals surface area contributed by atoms with Crippen LogP contribution in [0, 0.1) is 5.92 Å². The first-order valence-corrected chi connectivity index (χ1v) is 7.67. The number of benzene rings is 1. The Bertz CT molecular complexity index is 610. The number of para-hydroxylation sites is 2. The molecule has 106 valence electrons. The summed E-state index contributed by atoms with van der Waals surface area (Å²) < 4.78 is 2.21. The summed E-state index contributed by atoms with van der Waals surface area (Å²) in [4.78, 5) is 7.34. The van der Waals surface area contributed by atoms with E-state index in [1.54, 1.807) is 0 Å². The van der Waals surface area contributed by atoms with Gasteiger partial charge in [0.25, 0.3) is 0 Å². The zero-order valence-electron chi connectivity index (χ0n) is 12.0. The summed E-state index contributed by atoms with van der Waals surface area (Å²) in [6.45, 7) is 4.69. The van der Waals surface area contributed by atoms with Crippen molar-refractivity contribution in [3.8, 4) is 0 Å². The monoisotopic (exact) mass is 270 g/mol. The number of aromatic nitrogens is 2. The van der Waals surface area contributed by atoms with Crippen LogP contribution >= 0.6 is 0 Å². The molecule has 3 aliphatic heterocycles. The Morgan fingerprint density at radius 1 is 1.25 bits per heavy atom. The molecule has 3 saturated heterocycles. The van der Waals surface area contributed by atoms with Crippen molar-refractivity contribution in [1.29, 1.82) is 0 Å². The number of hydrogen-bond acceptors (Lipinski definition) is 3. The summed E-state index contributed by atoms with van der Waals surface area (Å²) >= 11 is 0. The molecule has 0 aliphatic carbocycles. The van der Waals surface area contributed by atoms with Crippen LogP contribution < -0.4 is 5.32 Å². The molecule has 0 saturated carbocycles. The molecule has 3 fully saturated rings. The highest BCUT2D eigenvalue weighted by Crippen LogP contribution is 2.27. The van der Waals surface area contributed by atoms with Gasteiger partial charge in [0.05, 0.1) is 17.6 Å². The van der Waals surface area contributed by atoms with Gasteiger partial charge in [0.2, 0.25) is 0 Å². The Morgan fingerprint density at radius 2 is 2.05 bits per heavy atom. The summed E-state index contributed by atoms with van der Waals surface area (Å²) in [6, 6.07) is 9.01. The Labute approximate surface area is 119 Å². The summed E-state index contributed by atoms with van der Waals surface area (Å²) in [5, 5.41) is 3.75. The number of rotatable bonds is 3. The molecule has 3 aliphatic rings. The fourth-order valence-corrected chi connectivity index (χ4v) is 3.77. The van der Waals surface area contributed by atoms with E-state index in [2.05, 4.69) is 46.1 Å². The van der Waals surface area contributed by atoms with E-state index in [0.717, 1.165) is 23.8 Å². The summed E-state index contributed by atoms with van der Waals surface area (Å²) in [5.41, 5.74) is 2.32. The highest BCUT2D eigenvalue weighted by Gasteiger charge is 2.33. The molecule has 1 N–H and O–H groups in total. The van der Waals surface area contributed by atoms with Crippen molar-refractivity contribution >= 4 is 11.0 Å². The Kier molecular flexibility index (Phi) is 3.00. The molecular formula is C16H22N4. The molecule has 4 nitrogen and oxygen atoms in total. The second-order valence-corrected chi connectivity index (χ2v) is 6.20. The molecule has 0 radical (unpaired) electrons. The van der Waals surface area contributed by atoms with Crippen LogP contribution in [-0.4, -0.2) is 40.1 Å². The molecular weight excluding hydrogens is 248 g/mol. The van der Waals surface area contributed by atoms with Crippen molar-refractivity contribution < 1.29 is 0 Å². The topological polar surface area (TPSA) is 33.1 Å². The van der Waals surface area contributed by atoms with Gasteiger partial charge in [-0.25, -0.2) is 4.98 Å². The predicted molar refractivity (Wildman–Crippen MR) is 80.5 cm³/mol. The molecule has 4 heteroatoms. The lowest BCUT2D eigenvalue weighted by Crippen LogP contribution is -2.55. The van der Waals surface area contributed by atoms with Gasteiger partial charge >= 0.3 is 0 Å². The van der Waals surface area contributed by atoms with Gasteiger partial charge in [-0.2, -0.15) is 0 Å². The Balaban J connectivity index is 1.49. The van der Waals surface area contributed by atoms with Crippen molar-refractivity contribution in [1.82, 2.24) is 19.8 Å². The van der Waals surface area contributed by atoms with Crippen molar-refractivity contribution in [3.05, 3.63) is 30.1 Å². The first-order valence-electron chi connectivity index (χ1n) is 7.67. The van der Waals surface area contributed by atoms with Gasteiger partial charge < -0.3 is 14.8 Å². The second-order valence-electron chi connectivity index (χ2n) is 6.20. The number of nitrogens with one attached hydrogen (secondary N) is 1. The van der Waals surface area contributed by atoms with Crippen LogP contribution in [0.2, 0.25) is 0 Å². The number of nitrogens with zero attached hydrogens (tertiary/aromatic N) is 3. The first-order chi connectivity index (χ1) is 9.81. The van der Waals surface area contributed by atoms with Gasteiger partial charge in [-0.15, -0.1) is 0 Å². The minimum atomic E-state index is 0.650. The van der Waals surface area contributed by atoms with Crippen LogP contribution in [0.5, 0.6) is 0 Å². The standard InChI is InChI=1S/C16H22N4/c1-19-15-5-3-2-4-13(15)18-16(19)10-17-14-11-20-8-6-12(14)7-9-20/h2-5,12,14,17H,6-11H2,1H3. The maximum absolute atomic E-state index is 4.75. The van der Waals surface area contributed by atoms with Crippen LogP contribution in [0.1, 0.15) is 18.7 Å². The van der Waals surface area contributed by atoms with E-state index in [1.165, 1.54) is 38.0 Å². The van der Waals surface area contributed by atoms with Crippen molar-refractivity contribution in [2.24, 2.45) is 13.0 Å². The largest absolute Gasteiger partial charge is 0.330 e. The van der Waals surface area contributed by atoms with E-state index in [1.807, 2.05) is 0 Å². The number of hydrogen-bond donors (Lipinski definition) is 1. The summed E-state index contributed by atoms with van der Waals surface area (Å²) in [5.74, 6) is 2.01. The quantitative estimate of drug-likeness (QED) is 0.922. The predicted octanol–water partition coefficient (Wildman–Crippen LogP) is 1.76. The zero-order chi connectivity index (χ0) is 13.5. The molecule has 1 unspecified atom stereocenters. The zero-order valence-corrected chi connectivity index (χ0v) is 12.0. The summed E-state index contributed by atoms with van der Waals surface area (Å²) in [7, 11) is 2.11. The molecule has 2 bridgehead atoms. The Hall–Kier alpha value is -1.39. The number of fused-ring (bicyclic) bond motifs is 4.